The van der Waals surface area contributed by atoms with Crippen molar-refractivity contribution in [1.82, 2.24) is 9.80 Å². The van der Waals surface area contributed by atoms with Gasteiger partial charge >= 0.3 is 5.97 Å². The molecule has 1 aliphatic heterocycles. The molecule has 1 aliphatic rings. The van der Waals surface area contributed by atoms with E-state index >= 15 is 0 Å². The molecule has 1 unspecified atom stereocenters. The van der Waals surface area contributed by atoms with Gasteiger partial charge < -0.3 is 10.0 Å². The van der Waals surface area contributed by atoms with Crippen LogP contribution in [0, 0.1) is 0 Å². The molecule has 0 bridgehead atoms. The van der Waals surface area contributed by atoms with Crippen molar-refractivity contribution in [1.29, 1.82) is 0 Å². The number of amides is 1. The smallest absolute Gasteiger partial charge is 0.324 e. The highest BCUT2D eigenvalue weighted by molar-refractivity contribution is 5.82. The van der Waals surface area contributed by atoms with Crippen molar-refractivity contribution in [2.24, 2.45) is 0 Å². The molecule has 1 rings (SSSR count). The Morgan fingerprint density at radius 2 is 1.89 bits per heavy atom. The quantitative estimate of drug-likeness (QED) is 0.775. The average Bonchev–Trinajstić information content (AvgIpc) is 2.74. The van der Waals surface area contributed by atoms with Crippen LogP contribution in [-0.2, 0) is 9.59 Å². The molecular formula is C13H24N2O3. The number of carbonyl (C=O) groups excluding carboxylic acids is 1. The molecule has 0 aromatic heterocycles. The summed E-state index contributed by atoms with van der Waals surface area (Å²) >= 11 is 0. The maximum Gasteiger partial charge on any atom is 0.324 e. The molecule has 0 aromatic carbocycles. The van der Waals surface area contributed by atoms with Gasteiger partial charge in [0, 0.05) is 13.1 Å². The Morgan fingerprint density at radius 1 is 1.28 bits per heavy atom. The molecule has 104 valence electrons. The number of aliphatic carboxylic acids is 1. The van der Waals surface area contributed by atoms with Crippen LogP contribution in [0.25, 0.3) is 0 Å². The number of carbonyl (C=O) groups is 2. The van der Waals surface area contributed by atoms with Gasteiger partial charge in [-0.3, -0.25) is 14.5 Å². The van der Waals surface area contributed by atoms with Gasteiger partial charge in [0.1, 0.15) is 5.54 Å². The number of likely N-dealkylation sites (N-methyl/N-ethyl adjacent to an activating group) is 1. The second-order valence-electron chi connectivity index (χ2n) is 4.78. The maximum atomic E-state index is 12.1. The normalized spacial score (nSPS) is 24.2. The highest BCUT2D eigenvalue weighted by Gasteiger charge is 2.46. The Bertz CT molecular complexity index is 315. The fourth-order valence-corrected chi connectivity index (χ4v) is 2.80. The van der Waals surface area contributed by atoms with Crippen molar-refractivity contribution in [3.05, 3.63) is 0 Å². The lowest BCUT2D eigenvalue weighted by molar-refractivity contribution is -0.151. The summed E-state index contributed by atoms with van der Waals surface area (Å²) in [6, 6.07) is 0. The molecule has 5 heteroatoms. The van der Waals surface area contributed by atoms with Crippen LogP contribution in [0.5, 0.6) is 0 Å². The van der Waals surface area contributed by atoms with Gasteiger partial charge in [-0.05, 0) is 39.7 Å². The van der Waals surface area contributed by atoms with Crippen LogP contribution in [0.4, 0.5) is 0 Å². The number of hydrogen-bond donors (Lipinski definition) is 1. The van der Waals surface area contributed by atoms with Crippen LogP contribution in [0.2, 0.25) is 0 Å². The van der Waals surface area contributed by atoms with E-state index in [9.17, 15) is 14.7 Å². The minimum atomic E-state index is -0.831. The van der Waals surface area contributed by atoms with E-state index in [0.29, 0.717) is 32.5 Å². The summed E-state index contributed by atoms with van der Waals surface area (Å²) in [6.07, 6.45) is 2.05. The fraction of sp³-hybridized carbons (Fsp3) is 0.846. The summed E-state index contributed by atoms with van der Waals surface area (Å²) in [7, 11) is 0. The Morgan fingerprint density at radius 3 is 2.33 bits per heavy atom. The number of hydrogen-bond acceptors (Lipinski definition) is 3. The summed E-state index contributed by atoms with van der Waals surface area (Å²) in [5.74, 6) is -0.768. The average molecular weight is 256 g/mol. The second kappa shape index (κ2) is 6.18. The summed E-state index contributed by atoms with van der Waals surface area (Å²) in [6.45, 7) is 8.04. The van der Waals surface area contributed by atoms with Gasteiger partial charge in [-0.2, -0.15) is 0 Å². The topological polar surface area (TPSA) is 60.9 Å². The van der Waals surface area contributed by atoms with Crippen LogP contribution in [0.3, 0.4) is 0 Å². The van der Waals surface area contributed by atoms with E-state index in [-0.39, 0.29) is 12.5 Å². The van der Waals surface area contributed by atoms with Gasteiger partial charge in [-0.25, -0.2) is 0 Å². The molecule has 0 radical (unpaired) electrons. The molecule has 1 N–H and O–H groups in total. The van der Waals surface area contributed by atoms with Gasteiger partial charge in [-0.15, -0.1) is 0 Å². The fourth-order valence-electron chi connectivity index (χ4n) is 2.80. The Balaban J connectivity index is 2.76. The predicted molar refractivity (Wildman–Crippen MR) is 69.4 cm³/mol. The largest absolute Gasteiger partial charge is 0.480 e. The van der Waals surface area contributed by atoms with E-state index < -0.39 is 11.5 Å². The third-order valence-electron chi connectivity index (χ3n) is 4.05. The summed E-state index contributed by atoms with van der Waals surface area (Å²) in [5.41, 5.74) is -0.831. The van der Waals surface area contributed by atoms with Gasteiger partial charge in [0.2, 0.25) is 5.91 Å². The van der Waals surface area contributed by atoms with Crippen molar-refractivity contribution in [2.75, 3.05) is 26.2 Å². The van der Waals surface area contributed by atoms with Gasteiger partial charge in [0.15, 0.2) is 0 Å². The van der Waals surface area contributed by atoms with Crippen molar-refractivity contribution < 1.29 is 14.7 Å². The van der Waals surface area contributed by atoms with Crippen molar-refractivity contribution in [2.45, 2.75) is 45.6 Å². The van der Waals surface area contributed by atoms with Gasteiger partial charge in [0.05, 0.1) is 6.54 Å². The van der Waals surface area contributed by atoms with Crippen LogP contribution in [0.15, 0.2) is 0 Å². The van der Waals surface area contributed by atoms with Crippen LogP contribution in [0.1, 0.15) is 40.0 Å². The zero-order chi connectivity index (χ0) is 13.8. The monoisotopic (exact) mass is 256 g/mol. The van der Waals surface area contributed by atoms with Crippen molar-refractivity contribution >= 4 is 11.9 Å². The van der Waals surface area contributed by atoms with E-state index in [4.69, 9.17) is 0 Å². The van der Waals surface area contributed by atoms with E-state index in [1.54, 1.807) is 4.90 Å². The minimum absolute atomic E-state index is 0.0287. The van der Waals surface area contributed by atoms with Crippen molar-refractivity contribution in [3.63, 3.8) is 0 Å². The summed E-state index contributed by atoms with van der Waals surface area (Å²) in [4.78, 5) is 27.2. The summed E-state index contributed by atoms with van der Waals surface area (Å²) in [5, 5.41) is 9.43. The molecule has 1 heterocycles. The summed E-state index contributed by atoms with van der Waals surface area (Å²) < 4.78 is 0. The zero-order valence-electron chi connectivity index (χ0n) is 11.6. The number of nitrogens with zero attached hydrogens (tertiary/aromatic N) is 2. The molecule has 0 saturated carbocycles. The lowest BCUT2D eigenvalue weighted by Gasteiger charge is -2.34. The predicted octanol–water partition coefficient (Wildman–Crippen LogP) is 1.18. The maximum absolute atomic E-state index is 12.1. The molecule has 1 saturated heterocycles. The van der Waals surface area contributed by atoms with Gasteiger partial charge in [-0.1, -0.05) is 6.92 Å². The molecule has 18 heavy (non-hydrogen) atoms. The number of carboxylic acid groups (broad SMARTS) is 1. The second-order valence-corrected chi connectivity index (χ2v) is 4.78. The standard InChI is InChI=1S/C13H24N2O3/c1-4-13(12(17)18)8-7-9-15(13)10-11(16)14(5-2)6-3/h4-10H2,1-3H3,(H,17,18). The Labute approximate surface area is 109 Å². The van der Waals surface area contributed by atoms with Gasteiger partial charge in [0.25, 0.3) is 0 Å². The highest BCUT2D eigenvalue weighted by atomic mass is 16.4. The molecule has 1 amide bonds. The molecule has 5 nitrogen and oxygen atoms in total. The van der Waals surface area contributed by atoms with Crippen LogP contribution >= 0.6 is 0 Å². The third-order valence-corrected chi connectivity index (χ3v) is 4.05. The first-order valence-electron chi connectivity index (χ1n) is 6.78. The van der Waals surface area contributed by atoms with E-state index in [2.05, 4.69) is 0 Å². The molecule has 1 atom stereocenters. The lowest BCUT2D eigenvalue weighted by Crippen LogP contribution is -2.53. The van der Waals surface area contributed by atoms with Crippen molar-refractivity contribution in [3.8, 4) is 0 Å². The lowest BCUT2D eigenvalue weighted by atomic mass is 9.93. The van der Waals surface area contributed by atoms with Crippen LogP contribution < -0.4 is 0 Å². The first-order valence-corrected chi connectivity index (χ1v) is 6.78. The number of likely N-dealkylation sites (tertiary alicyclic amines) is 1. The third kappa shape index (κ3) is 2.66. The van der Waals surface area contributed by atoms with E-state index in [0.717, 1.165) is 6.42 Å². The molecule has 0 spiro atoms. The SMILES string of the molecule is CCN(CC)C(=O)CN1CCCC1(CC)C(=O)O. The Hall–Kier alpha value is -1.10. The number of carboxylic acids is 1. The molecule has 0 aromatic rings. The number of rotatable bonds is 6. The molecular weight excluding hydrogens is 232 g/mol. The first kappa shape index (κ1) is 15.0. The minimum Gasteiger partial charge on any atom is -0.480 e. The molecule has 1 fully saturated rings. The van der Waals surface area contributed by atoms with Crippen LogP contribution in [-0.4, -0.2) is 58.5 Å². The van der Waals surface area contributed by atoms with E-state index in [1.165, 1.54) is 0 Å². The highest BCUT2D eigenvalue weighted by Crippen LogP contribution is 2.32. The molecule has 0 aliphatic carbocycles. The first-order chi connectivity index (χ1) is 8.51. The zero-order valence-corrected chi connectivity index (χ0v) is 11.6. The Kier molecular flexibility index (Phi) is 5.14. The van der Waals surface area contributed by atoms with E-state index in [1.807, 2.05) is 25.7 Å².